The number of rotatable bonds is 4. The minimum Gasteiger partial charge on any atom is -0.360 e. The van der Waals surface area contributed by atoms with Crippen LogP contribution in [0.1, 0.15) is 26.2 Å². The van der Waals surface area contributed by atoms with Crippen molar-refractivity contribution in [2.75, 3.05) is 5.32 Å². The number of thioether (sulfide) groups is 1. The first-order valence-electron chi connectivity index (χ1n) is 6.65. The van der Waals surface area contributed by atoms with E-state index in [0.29, 0.717) is 27.8 Å². The zero-order chi connectivity index (χ0) is 14.5. The van der Waals surface area contributed by atoms with Crippen molar-refractivity contribution in [2.24, 2.45) is 5.92 Å². The first-order chi connectivity index (χ1) is 9.52. The molecular formula is C14H18F2N2S2. The molecule has 2 N–H and O–H groups in total. The van der Waals surface area contributed by atoms with E-state index in [4.69, 9.17) is 12.2 Å². The molecule has 2 unspecified atom stereocenters. The van der Waals surface area contributed by atoms with Gasteiger partial charge < -0.3 is 10.6 Å². The molecule has 0 radical (unpaired) electrons. The van der Waals surface area contributed by atoms with E-state index >= 15 is 0 Å². The topological polar surface area (TPSA) is 24.1 Å². The van der Waals surface area contributed by atoms with Gasteiger partial charge in [0, 0.05) is 16.6 Å². The fraction of sp³-hybridized carbons (Fsp3) is 0.500. The number of benzene rings is 1. The van der Waals surface area contributed by atoms with Gasteiger partial charge in [0.05, 0.1) is 0 Å². The zero-order valence-electron chi connectivity index (χ0n) is 11.2. The van der Waals surface area contributed by atoms with Gasteiger partial charge in [-0.05, 0) is 61.7 Å². The molecule has 1 saturated carbocycles. The first-order valence-corrected chi connectivity index (χ1v) is 7.94. The van der Waals surface area contributed by atoms with E-state index in [2.05, 4.69) is 17.6 Å². The summed E-state index contributed by atoms with van der Waals surface area (Å²) in [5, 5.41) is 6.98. The van der Waals surface area contributed by atoms with Crippen molar-refractivity contribution in [1.82, 2.24) is 5.32 Å². The molecule has 20 heavy (non-hydrogen) atoms. The molecule has 0 heterocycles. The summed E-state index contributed by atoms with van der Waals surface area (Å²) in [5.74, 6) is -1.64. The number of alkyl halides is 2. The van der Waals surface area contributed by atoms with E-state index in [1.54, 1.807) is 24.3 Å². The molecule has 1 fully saturated rings. The Hall–Kier alpha value is -0.880. The Labute approximate surface area is 127 Å². The molecule has 1 aliphatic rings. The molecule has 2 nitrogen and oxygen atoms in total. The predicted molar refractivity (Wildman–Crippen MR) is 84.5 cm³/mol. The summed E-state index contributed by atoms with van der Waals surface area (Å²) in [6.45, 7) is 2.25. The number of thiocarbonyl (C=S) groups is 1. The standard InChI is InChI=1S/C14H18F2N2S2/c1-9-2-3-11(8-9)18-14(19)17-10-4-6-12(7-5-10)20-13(15)16/h4-7,9,11,13H,2-3,8H2,1H3,(H2,17,18,19). The van der Waals surface area contributed by atoms with Gasteiger partial charge in [0.2, 0.25) is 0 Å². The molecule has 0 aromatic heterocycles. The van der Waals surface area contributed by atoms with E-state index in [0.717, 1.165) is 24.4 Å². The van der Waals surface area contributed by atoms with Gasteiger partial charge in [-0.2, -0.15) is 8.78 Å². The van der Waals surface area contributed by atoms with Gasteiger partial charge in [0.1, 0.15) is 0 Å². The zero-order valence-corrected chi connectivity index (χ0v) is 12.9. The third-order valence-electron chi connectivity index (χ3n) is 3.37. The Morgan fingerprint density at radius 1 is 1.30 bits per heavy atom. The molecule has 1 aromatic carbocycles. The maximum absolute atomic E-state index is 12.2. The lowest BCUT2D eigenvalue weighted by atomic mass is 10.1. The van der Waals surface area contributed by atoms with Crippen molar-refractivity contribution in [3.63, 3.8) is 0 Å². The number of hydrogen-bond donors (Lipinski definition) is 2. The average Bonchev–Trinajstić information content (AvgIpc) is 2.76. The predicted octanol–water partition coefficient (Wildman–Crippen LogP) is 4.48. The van der Waals surface area contributed by atoms with Crippen LogP contribution in [-0.2, 0) is 0 Å². The van der Waals surface area contributed by atoms with Crippen LogP contribution in [0.2, 0.25) is 0 Å². The maximum atomic E-state index is 12.2. The summed E-state index contributed by atoms with van der Waals surface area (Å²) in [4.78, 5) is 0.550. The molecule has 2 atom stereocenters. The van der Waals surface area contributed by atoms with E-state index in [1.807, 2.05) is 0 Å². The van der Waals surface area contributed by atoms with Crippen molar-refractivity contribution in [2.45, 2.75) is 42.9 Å². The van der Waals surface area contributed by atoms with Gasteiger partial charge in [-0.25, -0.2) is 0 Å². The smallest absolute Gasteiger partial charge is 0.288 e. The van der Waals surface area contributed by atoms with E-state index in [1.165, 1.54) is 6.42 Å². The highest BCUT2D eigenvalue weighted by Gasteiger charge is 2.21. The van der Waals surface area contributed by atoms with Crippen LogP contribution in [0.25, 0.3) is 0 Å². The monoisotopic (exact) mass is 316 g/mol. The molecule has 1 aliphatic carbocycles. The molecule has 6 heteroatoms. The van der Waals surface area contributed by atoms with Gasteiger partial charge in [-0.3, -0.25) is 0 Å². The summed E-state index contributed by atoms with van der Waals surface area (Å²) in [6, 6.07) is 7.30. The molecule has 0 amide bonds. The molecule has 110 valence electrons. The van der Waals surface area contributed by atoms with Crippen molar-refractivity contribution in [3.8, 4) is 0 Å². The van der Waals surface area contributed by atoms with E-state index in [-0.39, 0.29) is 0 Å². The Balaban J connectivity index is 1.82. The second kappa shape index (κ2) is 7.22. The lowest BCUT2D eigenvalue weighted by Crippen LogP contribution is -2.36. The van der Waals surface area contributed by atoms with Gasteiger partial charge in [-0.1, -0.05) is 18.7 Å². The Bertz CT molecular complexity index is 451. The first kappa shape index (κ1) is 15.5. The summed E-state index contributed by atoms with van der Waals surface area (Å²) in [5.41, 5.74) is 0.812. The Morgan fingerprint density at radius 3 is 2.55 bits per heavy atom. The Morgan fingerprint density at radius 2 is 2.00 bits per heavy atom. The number of anilines is 1. The highest BCUT2D eigenvalue weighted by Crippen LogP contribution is 2.26. The SMILES string of the molecule is CC1CCC(NC(=S)Nc2ccc(SC(F)F)cc2)C1. The van der Waals surface area contributed by atoms with Gasteiger partial charge in [0.15, 0.2) is 5.11 Å². The molecule has 2 rings (SSSR count). The van der Waals surface area contributed by atoms with Crippen molar-refractivity contribution < 1.29 is 8.78 Å². The fourth-order valence-electron chi connectivity index (χ4n) is 2.41. The van der Waals surface area contributed by atoms with Gasteiger partial charge in [0.25, 0.3) is 5.76 Å². The minimum absolute atomic E-state index is 0.443. The average molecular weight is 316 g/mol. The van der Waals surface area contributed by atoms with Crippen molar-refractivity contribution in [3.05, 3.63) is 24.3 Å². The van der Waals surface area contributed by atoms with Crippen LogP contribution in [0.5, 0.6) is 0 Å². The van der Waals surface area contributed by atoms with Crippen LogP contribution in [0.15, 0.2) is 29.2 Å². The van der Waals surface area contributed by atoms with Crippen LogP contribution < -0.4 is 10.6 Å². The van der Waals surface area contributed by atoms with E-state index < -0.39 is 5.76 Å². The summed E-state index contributed by atoms with van der Waals surface area (Å²) in [6.07, 6.45) is 3.53. The summed E-state index contributed by atoms with van der Waals surface area (Å²) < 4.78 is 24.4. The molecular weight excluding hydrogens is 298 g/mol. The van der Waals surface area contributed by atoms with Crippen LogP contribution in [0, 0.1) is 5.92 Å². The van der Waals surface area contributed by atoms with E-state index in [9.17, 15) is 8.78 Å². The highest BCUT2D eigenvalue weighted by atomic mass is 32.2. The van der Waals surface area contributed by atoms with Gasteiger partial charge >= 0.3 is 0 Å². The third-order valence-corrected chi connectivity index (χ3v) is 4.31. The molecule has 0 bridgehead atoms. The lowest BCUT2D eigenvalue weighted by molar-refractivity contribution is 0.252. The summed E-state index contributed by atoms with van der Waals surface area (Å²) in [7, 11) is 0. The molecule has 0 aliphatic heterocycles. The van der Waals surface area contributed by atoms with Crippen LogP contribution in [0.3, 0.4) is 0 Å². The number of nitrogens with one attached hydrogen (secondary N) is 2. The van der Waals surface area contributed by atoms with Crippen molar-refractivity contribution in [1.29, 1.82) is 0 Å². The number of halogens is 2. The third kappa shape index (κ3) is 4.90. The van der Waals surface area contributed by atoms with Crippen LogP contribution in [0.4, 0.5) is 14.5 Å². The quantitative estimate of drug-likeness (QED) is 0.632. The second-order valence-corrected chi connectivity index (χ2v) is 6.59. The lowest BCUT2D eigenvalue weighted by Gasteiger charge is -2.16. The van der Waals surface area contributed by atoms with Crippen molar-refractivity contribution >= 4 is 34.8 Å². The normalized spacial score (nSPS) is 22.0. The molecule has 1 aromatic rings. The number of hydrogen-bond acceptors (Lipinski definition) is 2. The largest absolute Gasteiger partial charge is 0.360 e. The Kier molecular flexibility index (Phi) is 5.60. The maximum Gasteiger partial charge on any atom is 0.288 e. The fourth-order valence-corrected chi connectivity index (χ4v) is 3.19. The minimum atomic E-state index is -2.39. The van der Waals surface area contributed by atoms with Crippen LogP contribution >= 0.6 is 24.0 Å². The molecule has 0 spiro atoms. The highest BCUT2D eigenvalue weighted by molar-refractivity contribution is 7.99. The second-order valence-electron chi connectivity index (χ2n) is 5.12. The van der Waals surface area contributed by atoms with Crippen LogP contribution in [-0.4, -0.2) is 16.9 Å². The van der Waals surface area contributed by atoms with Gasteiger partial charge in [-0.15, -0.1) is 0 Å². The summed E-state index contributed by atoms with van der Waals surface area (Å²) >= 11 is 5.81. The molecule has 0 saturated heterocycles.